The van der Waals surface area contributed by atoms with Gasteiger partial charge in [-0.2, -0.15) is 26.3 Å². The molecule has 1 heterocycles. The van der Waals surface area contributed by atoms with Crippen LogP contribution in [-0.4, -0.2) is 15.2 Å². The molecule has 0 N–H and O–H groups in total. The molecule has 0 radical (unpaired) electrons. The standard InChI is InChI=1S/C14H5F6N3O3/c15-13(16,17)6-1-2-7(9(5-6)14(18,19)20)8-3-4-10(23(24)25)12-11(8)21-26-22-12/h1-5H. The normalized spacial score (nSPS) is 12.5. The highest BCUT2D eigenvalue weighted by molar-refractivity contribution is 5.96. The Labute approximate surface area is 139 Å². The molecule has 1 aromatic heterocycles. The van der Waals surface area contributed by atoms with Gasteiger partial charge in [0.2, 0.25) is 5.52 Å². The van der Waals surface area contributed by atoms with Crippen LogP contribution in [0.25, 0.3) is 22.2 Å². The molecule has 0 aliphatic rings. The number of benzene rings is 2. The van der Waals surface area contributed by atoms with Gasteiger partial charge in [-0.1, -0.05) is 6.07 Å². The molecule has 0 aliphatic carbocycles. The fourth-order valence-electron chi connectivity index (χ4n) is 2.41. The van der Waals surface area contributed by atoms with Crippen LogP contribution in [0, 0.1) is 10.1 Å². The second-order valence-corrected chi connectivity index (χ2v) is 5.11. The van der Waals surface area contributed by atoms with Crippen molar-refractivity contribution in [1.29, 1.82) is 0 Å². The minimum absolute atomic E-state index is 0.0317. The Morgan fingerprint density at radius 3 is 2.08 bits per heavy atom. The lowest BCUT2D eigenvalue weighted by atomic mass is 9.95. The van der Waals surface area contributed by atoms with Crippen LogP contribution in [0.2, 0.25) is 0 Å². The van der Waals surface area contributed by atoms with Crippen LogP contribution >= 0.6 is 0 Å². The summed E-state index contributed by atoms with van der Waals surface area (Å²) in [5.41, 5.74) is -5.33. The molecule has 6 nitrogen and oxygen atoms in total. The Kier molecular flexibility index (Phi) is 3.85. The van der Waals surface area contributed by atoms with Gasteiger partial charge >= 0.3 is 18.0 Å². The van der Waals surface area contributed by atoms with Crippen LogP contribution < -0.4 is 0 Å². The molecule has 2 aromatic carbocycles. The number of nitro benzene ring substituents is 1. The van der Waals surface area contributed by atoms with Gasteiger partial charge in [0, 0.05) is 11.6 Å². The number of aromatic nitrogens is 2. The van der Waals surface area contributed by atoms with Crippen LogP contribution in [0.4, 0.5) is 32.0 Å². The van der Waals surface area contributed by atoms with E-state index in [-0.39, 0.29) is 17.1 Å². The molecular weight excluding hydrogens is 372 g/mol. The van der Waals surface area contributed by atoms with Gasteiger partial charge in [0.05, 0.1) is 16.1 Å². The maximum absolute atomic E-state index is 13.3. The molecule has 0 bridgehead atoms. The summed E-state index contributed by atoms with van der Waals surface area (Å²) in [6.45, 7) is 0. The number of nitrogens with zero attached hydrogens (tertiary/aromatic N) is 3. The third kappa shape index (κ3) is 2.93. The van der Waals surface area contributed by atoms with E-state index in [0.29, 0.717) is 12.1 Å². The van der Waals surface area contributed by atoms with Crippen LogP contribution in [0.1, 0.15) is 11.1 Å². The Hall–Kier alpha value is -3.18. The molecular formula is C14H5F6N3O3. The van der Waals surface area contributed by atoms with Crippen LogP contribution in [0.15, 0.2) is 35.0 Å². The molecule has 0 atom stereocenters. The summed E-state index contributed by atoms with van der Waals surface area (Å²) in [5, 5.41) is 17.6. The Morgan fingerprint density at radius 2 is 1.50 bits per heavy atom. The van der Waals surface area contributed by atoms with Gasteiger partial charge in [0.25, 0.3) is 0 Å². The van der Waals surface area contributed by atoms with Crippen LogP contribution in [0.5, 0.6) is 0 Å². The number of nitro groups is 1. The fourth-order valence-corrected chi connectivity index (χ4v) is 2.41. The van der Waals surface area contributed by atoms with Gasteiger partial charge in [0.15, 0.2) is 0 Å². The quantitative estimate of drug-likeness (QED) is 0.363. The first-order chi connectivity index (χ1) is 12.0. The van der Waals surface area contributed by atoms with E-state index in [1.165, 1.54) is 0 Å². The first-order valence-corrected chi connectivity index (χ1v) is 6.68. The predicted molar refractivity (Wildman–Crippen MR) is 73.9 cm³/mol. The SMILES string of the molecule is O=[N+]([O-])c1ccc(-c2ccc(C(F)(F)F)cc2C(F)(F)F)c2nonc12. The summed E-state index contributed by atoms with van der Waals surface area (Å²) in [6.07, 6.45) is -10.1. The van der Waals surface area contributed by atoms with Crippen molar-refractivity contribution < 1.29 is 35.9 Å². The molecule has 0 amide bonds. The second kappa shape index (κ2) is 5.68. The summed E-state index contributed by atoms with van der Waals surface area (Å²) in [6, 6.07) is 2.89. The van der Waals surface area contributed by atoms with E-state index in [9.17, 15) is 36.5 Å². The van der Waals surface area contributed by atoms with Crippen LogP contribution in [0.3, 0.4) is 0 Å². The van der Waals surface area contributed by atoms with Gasteiger partial charge in [-0.15, -0.1) is 0 Å². The first-order valence-electron chi connectivity index (χ1n) is 6.68. The number of rotatable bonds is 2. The Bertz CT molecular complexity index is 1010. The Morgan fingerprint density at radius 1 is 0.885 bits per heavy atom. The van der Waals surface area contributed by atoms with E-state index in [0.717, 1.165) is 12.1 Å². The number of non-ortho nitro benzene ring substituents is 1. The van der Waals surface area contributed by atoms with Crippen molar-refractivity contribution in [1.82, 2.24) is 10.3 Å². The van der Waals surface area contributed by atoms with Crippen molar-refractivity contribution in [2.45, 2.75) is 12.4 Å². The average molecular weight is 377 g/mol. The zero-order valence-electron chi connectivity index (χ0n) is 12.2. The highest BCUT2D eigenvalue weighted by Gasteiger charge is 2.39. The van der Waals surface area contributed by atoms with E-state index in [2.05, 4.69) is 14.9 Å². The van der Waals surface area contributed by atoms with Gasteiger partial charge in [-0.25, -0.2) is 4.63 Å². The zero-order chi connectivity index (χ0) is 19.3. The second-order valence-electron chi connectivity index (χ2n) is 5.11. The largest absolute Gasteiger partial charge is 0.417 e. The fraction of sp³-hybridized carbons (Fsp3) is 0.143. The molecule has 3 aromatic rings. The highest BCUT2D eigenvalue weighted by atomic mass is 19.4. The van der Waals surface area contributed by atoms with E-state index in [1.807, 2.05) is 0 Å². The van der Waals surface area contributed by atoms with Crippen molar-refractivity contribution in [2.24, 2.45) is 0 Å². The van der Waals surface area contributed by atoms with Crippen molar-refractivity contribution in [2.75, 3.05) is 0 Å². The number of hydrogen-bond acceptors (Lipinski definition) is 5. The van der Waals surface area contributed by atoms with Gasteiger partial charge in [0.1, 0.15) is 5.52 Å². The number of fused-ring (bicyclic) bond motifs is 1. The first kappa shape index (κ1) is 17.6. The maximum Gasteiger partial charge on any atom is 0.417 e. The van der Waals surface area contributed by atoms with Crippen molar-refractivity contribution >= 4 is 16.7 Å². The summed E-state index contributed by atoms with van der Waals surface area (Å²) >= 11 is 0. The summed E-state index contributed by atoms with van der Waals surface area (Å²) in [4.78, 5) is 10.1. The molecule has 136 valence electrons. The van der Waals surface area contributed by atoms with E-state index < -0.39 is 45.2 Å². The topological polar surface area (TPSA) is 82.1 Å². The van der Waals surface area contributed by atoms with Crippen molar-refractivity contribution in [3.8, 4) is 11.1 Å². The summed E-state index contributed by atoms with van der Waals surface area (Å²) in [7, 11) is 0. The van der Waals surface area contributed by atoms with Gasteiger partial charge < -0.3 is 0 Å². The predicted octanol–water partition coefficient (Wildman–Crippen LogP) is 4.84. The third-order valence-electron chi connectivity index (χ3n) is 3.53. The van der Waals surface area contributed by atoms with E-state index in [1.54, 1.807) is 0 Å². The Balaban J connectivity index is 2.31. The van der Waals surface area contributed by atoms with Gasteiger partial charge in [-0.3, -0.25) is 10.1 Å². The number of hydrogen-bond donors (Lipinski definition) is 0. The minimum atomic E-state index is -5.11. The van der Waals surface area contributed by atoms with Gasteiger partial charge in [-0.05, 0) is 34.1 Å². The molecule has 0 unspecified atom stereocenters. The van der Waals surface area contributed by atoms with E-state index >= 15 is 0 Å². The van der Waals surface area contributed by atoms with E-state index in [4.69, 9.17) is 0 Å². The lowest BCUT2D eigenvalue weighted by Gasteiger charge is -2.16. The smallest absolute Gasteiger partial charge is 0.258 e. The monoisotopic (exact) mass is 377 g/mol. The maximum atomic E-state index is 13.3. The molecule has 0 aliphatic heterocycles. The minimum Gasteiger partial charge on any atom is -0.258 e. The molecule has 0 saturated carbocycles. The molecule has 0 spiro atoms. The average Bonchev–Trinajstić information content (AvgIpc) is 3.01. The number of halogens is 6. The van der Waals surface area contributed by atoms with Crippen molar-refractivity contribution in [3.63, 3.8) is 0 Å². The van der Waals surface area contributed by atoms with Crippen molar-refractivity contribution in [3.05, 3.63) is 51.6 Å². The molecule has 26 heavy (non-hydrogen) atoms. The lowest BCUT2D eigenvalue weighted by molar-refractivity contribution is -0.383. The molecule has 0 saturated heterocycles. The summed E-state index contributed by atoms with van der Waals surface area (Å²) < 4.78 is 82.5. The molecule has 12 heteroatoms. The molecule has 0 fully saturated rings. The zero-order valence-corrected chi connectivity index (χ0v) is 12.2. The van der Waals surface area contributed by atoms with Crippen LogP contribution in [-0.2, 0) is 12.4 Å². The highest BCUT2D eigenvalue weighted by Crippen LogP contribution is 2.43. The third-order valence-corrected chi connectivity index (χ3v) is 3.53. The number of alkyl halides is 6. The molecule has 3 rings (SSSR count). The lowest BCUT2D eigenvalue weighted by Crippen LogP contribution is -2.12. The summed E-state index contributed by atoms with van der Waals surface area (Å²) in [5.74, 6) is 0.